The zero-order valence-electron chi connectivity index (χ0n) is 17.0. The zero-order chi connectivity index (χ0) is 20.2. The first-order valence-electron chi connectivity index (χ1n) is 9.89. The van der Waals surface area contributed by atoms with Gasteiger partial charge in [0, 0.05) is 47.5 Å². The van der Waals surface area contributed by atoms with Crippen molar-refractivity contribution < 1.29 is 0 Å². The molecule has 0 bridgehead atoms. The van der Waals surface area contributed by atoms with E-state index in [1.165, 1.54) is 32.3 Å². The average Bonchev–Trinajstić information content (AvgIpc) is 3.05. The highest BCUT2D eigenvalue weighted by Gasteiger charge is 2.18. The van der Waals surface area contributed by atoms with Crippen LogP contribution in [0.2, 0.25) is 0 Å². The topological polar surface area (TPSA) is 30.7 Å². The minimum absolute atomic E-state index is 0.459. The molecule has 1 aromatic carbocycles. The van der Waals surface area contributed by atoms with Gasteiger partial charge in [-0.2, -0.15) is 0 Å². The predicted molar refractivity (Wildman–Crippen MR) is 120 cm³/mol. The van der Waals surface area contributed by atoms with Crippen molar-refractivity contribution >= 4 is 11.8 Å². The fourth-order valence-corrected chi connectivity index (χ4v) is 4.88. The molecule has 0 aliphatic heterocycles. The normalized spacial score (nSPS) is 11.2. The van der Waals surface area contributed by atoms with Gasteiger partial charge >= 0.3 is 0 Å². The molecular formula is C25H25N3S. The first kappa shape index (κ1) is 19.5. The van der Waals surface area contributed by atoms with Crippen LogP contribution >= 0.6 is 11.8 Å². The summed E-state index contributed by atoms with van der Waals surface area (Å²) in [4.78, 5) is 9.72. The highest BCUT2D eigenvalue weighted by atomic mass is 32.2. The lowest BCUT2D eigenvalue weighted by Gasteiger charge is -2.16. The van der Waals surface area contributed by atoms with Crippen molar-refractivity contribution in [3.05, 3.63) is 96.2 Å². The first-order valence-corrected chi connectivity index (χ1v) is 10.7. The van der Waals surface area contributed by atoms with Crippen LogP contribution in [0.15, 0.2) is 89.3 Å². The van der Waals surface area contributed by atoms with Crippen LogP contribution in [0.5, 0.6) is 0 Å². The molecule has 0 aliphatic rings. The Morgan fingerprint density at radius 1 is 0.931 bits per heavy atom. The van der Waals surface area contributed by atoms with Crippen molar-refractivity contribution in [3.63, 3.8) is 0 Å². The minimum Gasteiger partial charge on any atom is -0.335 e. The second kappa shape index (κ2) is 8.66. The molecule has 0 N–H and O–H groups in total. The van der Waals surface area contributed by atoms with Crippen LogP contribution in [0, 0.1) is 6.92 Å². The second-order valence-electron chi connectivity index (χ2n) is 7.48. The Labute approximate surface area is 176 Å². The Morgan fingerprint density at radius 2 is 1.72 bits per heavy atom. The Balaban J connectivity index is 1.78. The predicted octanol–water partition coefficient (Wildman–Crippen LogP) is 6.58. The van der Waals surface area contributed by atoms with E-state index in [2.05, 4.69) is 83.8 Å². The van der Waals surface area contributed by atoms with Crippen molar-refractivity contribution in [1.82, 2.24) is 14.5 Å². The van der Waals surface area contributed by atoms with E-state index >= 15 is 0 Å². The number of pyridine rings is 2. The molecule has 0 radical (unpaired) electrons. The van der Waals surface area contributed by atoms with Crippen molar-refractivity contribution in [2.24, 2.45) is 0 Å². The largest absolute Gasteiger partial charge is 0.335 e. The number of hydrogen-bond donors (Lipinski definition) is 0. The number of nitrogens with zero attached hydrogens (tertiary/aromatic N) is 3. The molecule has 0 spiro atoms. The zero-order valence-corrected chi connectivity index (χ0v) is 17.9. The second-order valence-corrected chi connectivity index (χ2v) is 8.51. The SMILES string of the molecule is Cc1cc(C(C)C)c(Sc2ccccc2-c2cccnc2)n1Cc1ccncc1. The number of aryl methyl sites for hydroxylation is 1. The van der Waals surface area contributed by atoms with Gasteiger partial charge in [-0.05, 0) is 59.9 Å². The molecule has 4 rings (SSSR count). The van der Waals surface area contributed by atoms with Gasteiger partial charge in [0.2, 0.25) is 0 Å². The maximum atomic E-state index is 4.31. The Kier molecular flexibility index (Phi) is 5.81. The van der Waals surface area contributed by atoms with Gasteiger partial charge in [0.15, 0.2) is 0 Å². The van der Waals surface area contributed by atoms with Gasteiger partial charge in [0.25, 0.3) is 0 Å². The summed E-state index contributed by atoms with van der Waals surface area (Å²) in [6.07, 6.45) is 7.48. The van der Waals surface area contributed by atoms with Gasteiger partial charge in [-0.25, -0.2) is 0 Å². The Morgan fingerprint density at radius 3 is 2.45 bits per heavy atom. The van der Waals surface area contributed by atoms with Crippen LogP contribution in [0.1, 0.15) is 36.6 Å². The summed E-state index contributed by atoms with van der Waals surface area (Å²) in [5.41, 5.74) is 6.30. The molecule has 3 nitrogen and oxygen atoms in total. The Bertz CT molecular complexity index is 1090. The summed E-state index contributed by atoms with van der Waals surface area (Å²) in [5, 5.41) is 1.31. The van der Waals surface area contributed by atoms with Crippen molar-refractivity contribution in [1.29, 1.82) is 0 Å². The molecule has 0 unspecified atom stereocenters. The van der Waals surface area contributed by atoms with E-state index in [0.29, 0.717) is 5.92 Å². The summed E-state index contributed by atoms with van der Waals surface area (Å²) < 4.78 is 2.43. The fraction of sp³-hybridized carbons (Fsp3) is 0.200. The number of aromatic nitrogens is 3. The molecule has 3 aromatic heterocycles. The molecule has 0 amide bonds. The van der Waals surface area contributed by atoms with Crippen LogP contribution in [-0.4, -0.2) is 14.5 Å². The molecule has 0 fully saturated rings. The lowest BCUT2D eigenvalue weighted by molar-refractivity contribution is 0.690. The highest BCUT2D eigenvalue weighted by molar-refractivity contribution is 7.99. The lowest BCUT2D eigenvalue weighted by atomic mass is 10.1. The van der Waals surface area contributed by atoms with Gasteiger partial charge in [-0.3, -0.25) is 9.97 Å². The standard InChI is InChI=1S/C25H25N3S/c1-18(2)23-15-19(3)28(17-20-10-13-26-14-11-20)25(23)29-24-9-5-4-8-22(24)21-7-6-12-27-16-21/h4-16,18H,17H2,1-3H3. The molecule has 3 heterocycles. The quantitative estimate of drug-likeness (QED) is 0.367. The van der Waals surface area contributed by atoms with Crippen LogP contribution < -0.4 is 0 Å². The van der Waals surface area contributed by atoms with E-state index in [0.717, 1.165) is 12.1 Å². The summed E-state index contributed by atoms with van der Waals surface area (Å²) >= 11 is 1.85. The maximum absolute atomic E-state index is 4.31. The lowest BCUT2D eigenvalue weighted by Crippen LogP contribution is -2.04. The minimum atomic E-state index is 0.459. The average molecular weight is 400 g/mol. The van der Waals surface area contributed by atoms with E-state index in [1.54, 1.807) is 0 Å². The van der Waals surface area contributed by atoms with Crippen LogP contribution in [0.4, 0.5) is 0 Å². The van der Waals surface area contributed by atoms with Gasteiger partial charge in [-0.15, -0.1) is 0 Å². The van der Waals surface area contributed by atoms with Crippen LogP contribution in [-0.2, 0) is 6.54 Å². The molecule has 29 heavy (non-hydrogen) atoms. The Hall–Kier alpha value is -2.85. The molecule has 0 aliphatic carbocycles. The van der Waals surface area contributed by atoms with E-state index in [4.69, 9.17) is 0 Å². The highest BCUT2D eigenvalue weighted by Crippen LogP contribution is 2.40. The van der Waals surface area contributed by atoms with Gasteiger partial charge in [0.1, 0.15) is 0 Å². The molecule has 146 valence electrons. The summed E-state index contributed by atoms with van der Waals surface area (Å²) in [7, 11) is 0. The molecular weight excluding hydrogens is 374 g/mol. The maximum Gasteiger partial charge on any atom is 0.0837 e. The van der Waals surface area contributed by atoms with Crippen LogP contribution in [0.3, 0.4) is 0 Å². The number of benzene rings is 1. The first-order chi connectivity index (χ1) is 14.1. The smallest absolute Gasteiger partial charge is 0.0837 e. The molecule has 4 heteroatoms. The van der Waals surface area contributed by atoms with Crippen molar-refractivity contribution in [2.45, 2.75) is 43.2 Å². The van der Waals surface area contributed by atoms with E-state index in [9.17, 15) is 0 Å². The summed E-state index contributed by atoms with van der Waals surface area (Å²) in [6.45, 7) is 7.58. The van der Waals surface area contributed by atoms with Crippen molar-refractivity contribution in [2.75, 3.05) is 0 Å². The molecule has 0 atom stereocenters. The van der Waals surface area contributed by atoms with Crippen molar-refractivity contribution in [3.8, 4) is 11.1 Å². The molecule has 0 saturated carbocycles. The van der Waals surface area contributed by atoms with E-state index < -0.39 is 0 Å². The summed E-state index contributed by atoms with van der Waals surface area (Å²) in [6, 6.07) is 19.2. The third kappa shape index (κ3) is 4.28. The van der Waals surface area contributed by atoms with E-state index in [-0.39, 0.29) is 0 Å². The summed E-state index contributed by atoms with van der Waals surface area (Å²) in [5.74, 6) is 0.459. The molecule has 4 aromatic rings. The monoisotopic (exact) mass is 399 g/mol. The van der Waals surface area contributed by atoms with Gasteiger partial charge in [-0.1, -0.05) is 49.9 Å². The third-order valence-electron chi connectivity index (χ3n) is 5.06. The fourth-order valence-electron chi connectivity index (χ4n) is 3.50. The molecule has 0 saturated heterocycles. The number of hydrogen-bond acceptors (Lipinski definition) is 3. The number of rotatable bonds is 6. The van der Waals surface area contributed by atoms with Gasteiger partial charge in [0.05, 0.1) is 5.03 Å². The van der Waals surface area contributed by atoms with Crippen LogP contribution in [0.25, 0.3) is 11.1 Å². The third-order valence-corrected chi connectivity index (χ3v) is 6.29. The van der Waals surface area contributed by atoms with E-state index in [1.807, 2.05) is 42.6 Å². The van der Waals surface area contributed by atoms with Gasteiger partial charge < -0.3 is 4.57 Å².